The molecular weight excluding hydrogens is 304 g/mol. The molecule has 2 unspecified atom stereocenters. The van der Waals surface area contributed by atoms with E-state index in [0.717, 1.165) is 12.8 Å². The van der Waals surface area contributed by atoms with E-state index in [-0.39, 0.29) is 8.65 Å². The van der Waals surface area contributed by atoms with Gasteiger partial charge >= 0.3 is 0 Å². The van der Waals surface area contributed by atoms with Gasteiger partial charge in [0.25, 0.3) is 0 Å². The van der Waals surface area contributed by atoms with Crippen LogP contribution >= 0.6 is 31.9 Å². The topological polar surface area (TPSA) is 0 Å². The van der Waals surface area contributed by atoms with Gasteiger partial charge < -0.3 is 0 Å². The van der Waals surface area contributed by atoms with Crippen molar-refractivity contribution in [2.24, 2.45) is 0 Å². The third-order valence-electron chi connectivity index (χ3n) is 3.41. The summed E-state index contributed by atoms with van der Waals surface area (Å²) in [7, 11) is 0. The van der Waals surface area contributed by atoms with Crippen molar-refractivity contribution in [3.05, 3.63) is 47.5 Å². The molecule has 1 aromatic carbocycles. The molecule has 0 N–H and O–H groups in total. The summed E-state index contributed by atoms with van der Waals surface area (Å²) in [4.78, 5) is 0. The number of benzene rings is 1. The Hall–Kier alpha value is -0.0800. The van der Waals surface area contributed by atoms with E-state index in [1.54, 1.807) is 0 Å². The maximum atomic E-state index is 4.18. The minimum Gasteiger partial charge on any atom is -0.0981 e. The van der Waals surface area contributed by atoms with Crippen molar-refractivity contribution >= 4 is 31.9 Å². The minimum atomic E-state index is 0.0348. The van der Waals surface area contributed by atoms with Crippen LogP contribution in [0.2, 0.25) is 0 Å². The second-order valence-corrected chi connectivity index (χ2v) is 7.14. The van der Waals surface area contributed by atoms with Gasteiger partial charge in [0.05, 0.1) is 8.65 Å². The fraction of sp³-hybridized carbons (Fsp3) is 0.333. The molecule has 2 bridgehead atoms. The summed E-state index contributed by atoms with van der Waals surface area (Å²) in [6.07, 6.45) is 2.15. The van der Waals surface area contributed by atoms with E-state index in [1.165, 1.54) is 16.7 Å². The molecule has 1 aromatic rings. The molecule has 2 aliphatic rings. The van der Waals surface area contributed by atoms with E-state index in [9.17, 15) is 0 Å². The molecule has 0 heterocycles. The monoisotopic (exact) mass is 312 g/mol. The number of halogens is 2. The third-order valence-corrected chi connectivity index (χ3v) is 5.67. The summed E-state index contributed by atoms with van der Waals surface area (Å²) in [6.45, 7) is 4.18. The van der Waals surface area contributed by atoms with Crippen LogP contribution in [0.5, 0.6) is 0 Å². The predicted octanol–water partition coefficient (Wildman–Crippen LogP) is 4.23. The van der Waals surface area contributed by atoms with Gasteiger partial charge in [0, 0.05) is 0 Å². The molecular formula is C12H10Br2. The second-order valence-electron chi connectivity index (χ2n) is 4.27. The van der Waals surface area contributed by atoms with Crippen LogP contribution in [0, 0.1) is 0 Å². The average Bonchev–Trinajstić information content (AvgIpc) is 2.51. The molecule has 2 aliphatic carbocycles. The number of fused-ring (bicyclic) bond motifs is 5. The summed E-state index contributed by atoms with van der Waals surface area (Å²) >= 11 is 7.73. The molecule has 1 fully saturated rings. The SMILES string of the molecule is C=C1CC2(Br)CC1(Br)c1ccccc12. The molecule has 3 rings (SSSR count). The van der Waals surface area contributed by atoms with Crippen molar-refractivity contribution in [1.29, 1.82) is 0 Å². The Morgan fingerprint density at radius 1 is 1.14 bits per heavy atom. The van der Waals surface area contributed by atoms with Gasteiger partial charge in [-0.05, 0) is 24.0 Å². The van der Waals surface area contributed by atoms with Crippen molar-refractivity contribution in [2.45, 2.75) is 21.5 Å². The highest BCUT2D eigenvalue weighted by Gasteiger charge is 2.57. The van der Waals surface area contributed by atoms with Gasteiger partial charge in [0.2, 0.25) is 0 Å². The van der Waals surface area contributed by atoms with Crippen molar-refractivity contribution in [1.82, 2.24) is 0 Å². The molecule has 0 saturated heterocycles. The molecule has 72 valence electrons. The number of alkyl halides is 2. The van der Waals surface area contributed by atoms with Crippen LogP contribution in [0.25, 0.3) is 0 Å². The lowest BCUT2D eigenvalue weighted by Gasteiger charge is -2.26. The lowest BCUT2D eigenvalue weighted by Crippen LogP contribution is -2.16. The normalized spacial score (nSPS) is 38.9. The fourth-order valence-corrected chi connectivity index (χ4v) is 5.19. The molecule has 14 heavy (non-hydrogen) atoms. The van der Waals surface area contributed by atoms with Gasteiger partial charge in [-0.3, -0.25) is 0 Å². The van der Waals surface area contributed by atoms with Crippen LogP contribution in [0.3, 0.4) is 0 Å². The molecule has 0 radical (unpaired) electrons. The maximum Gasteiger partial charge on any atom is 0.0732 e. The molecule has 1 saturated carbocycles. The minimum absolute atomic E-state index is 0.0348. The highest BCUT2D eigenvalue weighted by molar-refractivity contribution is 9.10. The predicted molar refractivity (Wildman–Crippen MR) is 66.0 cm³/mol. The van der Waals surface area contributed by atoms with Crippen molar-refractivity contribution in [2.75, 3.05) is 0 Å². The van der Waals surface area contributed by atoms with E-state index in [0.29, 0.717) is 0 Å². The van der Waals surface area contributed by atoms with E-state index < -0.39 is 0 Å². The zero-order valence-corrected chi connectivity index (χ0v) is 10.9. The van der Waals surface area contributed by atoms with E-state index in [4.69, 9.17) is 0 Å². The highest BCUT2D eigenvalue weighted by atomic mass is 79.9. The number of hydrogen-bond acceptors (Lipinski definition) is 0. The Morgan fingerprint density at radius 2 is 1.79 bits per heavy atom. The first kappa shape index (κ1) is 9.17. The lowest BCUT2D eigenvalue weighted by molar-refractivity contribution is 0.693. The Labute approximate surface area is 101 Å². The summed E-state index contributed by atoms with van der Waals surface area (Å²) in [5.74, 6) is 0. The zero-order chi connectivity index (χ0) is 9.97. The molecule has 2 heteroatoms. The van der Waals surface area contributed by atoms with Crippen LogP contribution in [-0.2, 0) is 8.65 Å². The molecule has 0 aliphatic heterocycles. The summed E-state index contributed by atoms with van der Waals surface area (Å²) in [5.41, 5.74) is 4.13. The van der Waals surface area contributed by atoms with Crippen LogP contribution in [0.1, 0.15) is 24.0 Å². The van der Waals surface area contributed by atoms with Gasteiger partial charge in [-0.25, -0.2) is 0 Å². The van der Waals surface area contributed by atoms with Gasteiger partial charge in [0.15, 0.2) is 0 Å². The molecule has 0 amide bonds. The van der Waals surface area contributed by atoms with Crippen LogP contribution in [0.4, 0.5) is 0 Å². The first-order valence-corrected chi connectivity index (χ1v) is 6.31. The summed E-state index contributed by atoms with van der Waals surface area (Å²) < 4.78 is 0.178. The smallest absolute Gasteiger partial charge is 0.0732 e. The third kappa shape index (κ3) is 0.892. The van der Waals surface area contributed by atoms with Gasteiger partial charge in [-0.1, -0.05) is 68.3 Å². The number of hydrogen-bond donors (Lipinski definition) is 0. The van der Waals surface area contributed by atoms with Crippen LogP contribution in [-0.4, -0.2) is 0 Å². The quantitative estimate of drug-likeness (QED) is 0.496. The van der Waals surface area contributed by atoms with Crippen LogP contribution in [0.15, 0.2) is 36.4 Å². The Bertz CT molecular complexity index is 438. The molecule has 0 aromatic heterocycles. The second kappa shape index (κ2) is 2.53. The van der Waals surface area contributed by atoms with Gasteiger partial charge in [0.1, 0.15) is 0 Å². The first-order valence-electron chi connectivity index (χ1n) is 4.72. The number of allylic oxidation sites excluding steroid dienone is 1. The standard InChI is InChI=1S/C12H10Br2/c1-8-6-11(13)7-12(8,14)10-5-3-2-4-9(10)11/h2-5H,1,6-7H2. The van der Waals surface area contributed by atoms with E-state index in [1.807, 2.05) is 0 Å². The largest absolute Gasteiger partial charge is 0.0981 e. The fourth-order valence-electron chi connectivity index (χ4n) is 2.75. The van der Waals surface area contributed by atoms with Crippen molar-refractivity contribution in [3.63, 3.8) is 0 Å². The number of rotatable bonds is 0. The highest BCUT2D eigenvalue weighted by Crippen LogP contribution is 2.67. The van der Waals surface area contributed by atoms with E-state index >= 15 is 0 Å². The van der Waals surface area contributed by atoms with Gasteiger partial charge in [-0.2, -0.15) is 0 Å². The van der Waals surface area contributed by atoms with Crippen molar-refractivity contribution < 1.29 is 0 Å². The molecule has 0 spiro atoms. The summed E-state index contributed by atoms with van der Waals surface area (Å²) in [5, 5.41) is 0. The Balaban J connectivity index is 2.35. The zero-order valence-electron chi connectivity index (χ0n) is 7.69. The molecule has 0 nitrogen and oxygen atoms in total. The van der Waals surface area contributed by atoms with Crippen molar-refractivity contribution in [3.8, 4) is 0 Å². The van der Waals surface area contributed by atoms with E-state index in [2.05, 4.69) is 62.7 Å². The summed E-state index contributed by atoms with van der Waals surface area (Å²) in [6, 6.07) is 8.64. The van der Waals surface area contributed by atoms with Gasteiger partial charge in [-0.15, -0.1) is 0 Å². The Morgan fingerprint density at radius 3 is 2.50 bits per heavy atom. The molecule has 2 atom stereocenters. The lowest BCUT2D eigenvalue weighted by atomic mass is 9.89. The maximum absolute atomic E-state index is 4.18. The average molecular weight is 314 g/mol. The Kier molecular flexibility index (Phi) is 1.66. The first-order chi connectivity index (χ1) is 6.56. The van der Waals surface area contributed by atoms with Crippen LogP contribution < -0.4 is 0 Å².